The van der Waals surface area contributed by atoms with Crippen LogP contribution in [0.4, 0.5) is 0 Å². The van der Waals surface area contributed by atoms with Gasteiger partial charge in [-0.2, -0.15) is 0 Å². The minimum Gasteiger partial charge on any atom is -0.492 e. The third-order valence-electron chi connectivity index (χ3n) is 1.96. The van der Waals surface area contributed by atoms with Gasteiger partial charge in [0, 0.05) is 6.54 Å². The summed E-state index contributed by atoms with van der Waals surface area (Å²) >= 11 is 11.8. The summed E-state index contributed by atoms with van der Waals surface area (Å²) in [6.45, 7) is 2.14. The lowest BCUT2D eigenvalue weighted by Gasteiger charge is -2.08. The molecule has 0 aliphatic rings. The number of nitrogens with one attached hydrogen (secondary N) is 1. The Labute approximate surface area is 117 Å². The van der Waals surface area contributed by atoms with E-state index < -0.39 is 0 Å². The van der Waals surface area contributed by atoms with Gasteiger partial charge >= 0.3 is 0 Å². The molecule has 0 radical (unpaired) electrons. The van der Waals surface area contributed by atoms with Crippen molar-refractivity contribution < 1.29 is 9.84 Å². The molecule has 0 aliphatic carbocycles. The van der Waals surface area contributed by atoms with Gasteiger partial charge in [-0.1, -0.05) is 29.3 Å². The van der Waals surface area contributed by atoms with Gasteiger partial charge in [0.25, 0.3) is 0 Å². The molecule has 6 heteroatoms. The quantitative estimate of drug-likeness (QED) is 0.761. The second-order valence-corrected chi connectivity index (χ2v) is 4.01. The highest BCUT2D eigenvalue weighted by Crippen LogP contribution is 2.31. The molecule has 98 valence electrons. The van der Waals surface area contributed by atoms with Gasteiger partial charge in [0.15, 0.2) is 0 Å². The molecular formula is C11H16Cl3NO2. The van der Waals surface area contributed by atoms with Crippen molar-refractivity contribution >= 4 is 35.6 Å². The van der Waals surface area contributed by atoms with Crippen molar-refractivity contribution in [1.29, 1.82) is 0 Å². The zero-order chi connectivity index (χ0) is 11.8. The second kappa shape index (κ2) is 9.80. The molecule has 0 spiro atoms. The van der Waals surface area contributed by atoms with Gasteiger partial charge in [0.1, 0.15) is 10.8 Å². The summed E-state index contributed by atoms with van der Waals surface area (Å²) in [7, 11) is 0. The van der Waals surface area contributed by atoms with E-state index in [4.69, 9.17) is 33.0 Å². The summed E-state index contributed by atoms with van der Waals surface area (Å²) in [5.41, 5.74) is 0. The van der Waals surface area contributed by atoms with Gasteiger partial charge < -0.3 is 15.2 Å². The summed E-state index contributed by atoms with van der Waals surface area (Å²) in [6.07, 6.45) is 0.850. The van der Waals surface area contributed by atoms with E-state index in [2.05, 4.69) is 5.32 Å². The molecule has 0 bridgehead atoms. The van der Waals surface area contributed by atoms with E-state index in [1.807, 2.05) is 0 Å². The fourth-order valence-electron chi connectivity index (χ4n) is 1.18. The van der Waals surface area contributed by atoms with E-state index in [9.17, 15) is 0 Å². The standard InChI is InChI=1S/C11H15Cl2NO2.ClH/c12-9-3-1-4-10(11(9)13)16-8-2-5-14-6-7-15;/h1,3-4,14-15H,2,5-8H2;1H. The number of halogens is 3. The number of hydrogen-bond donors (Lipinski definition) is 2. The monoisotopic (exact) mass is 299 g/mol. The molecule has 1 aromatic carbocycles. The second-order valence-electron chi connectivity index (χ2n) is 3.23. The first kappa shape index (κ1) is 16.8. The van der Waals surface area contributed by atoms with Crippen LogP contribution in [-0.2, 0) is 0 Å². The van der Waals surface area contributed by atoms with E-state index in [-0.39, 0.29) is 19.0 Å². The number of hydrogen-bond acceptors (Lipinski definition) is 3. The number of rotatable bonds is 7. The van der Waals surface area contributed by atoms with Crippen molar-refractivity contribution in [3.05, 3.63) is 28.2 Å². The lowest BCUT2D eigenvalue weighted by Crippen LogP contribution is -2.20. The van der Waals surface area contributed by atoms with Gasteiger partial charge in [0.2, 0.25) is 0 Å². The van der Waals surface area contributed by atoms with Crippen LogP contribution in [0.25, 0.3) is 0 Å². The van der Waals surface area contributed by atoms with Crippen LogP contribution in [0, 0.1) is 0 Å². The Morgan fingerprint density at radius 3 is 2.71 bits per heavy atom. The maximum atomic E-state index is 8.54. The van der Waals surface area contributed by atoms with E-state index >= 15 is 0 Å². The van der Waals surface area contributed by atoms with Crippen molar-refractivity contribution in [3.8, 4) is 5.75 Å². The maximum absolute atomic E-state index is 8.54. The molecule has 0 unspecified atom stereocenters. The first-order chi connectivity index (χ1) is 7.75. The third-order valence-corrected chi connectivity index (χ3v) is 2.76. The zero-order valence-electron chi connectivity index (χ0n) is 9.29. The molecule has 1 aromatic rings. The van der Waals surface area contributed by atoms with Crippen molar-refractivity contribution in [2.45, 2.75) is 6.42 Å². The summed E-state index contributed by atoms with van der Waals surface area (Å²) in [4.78, 5) is 0. The summed E-state index contributed by atoms with van der Waals surface area (Å²) < 4.78 is 5.48. The number of aliphatic hydroxyl groups is 1. The van der Waals surface area contributed by atoms with Crippen LogP contribution >= 0.6 is 35.6 Å². The van der Waals surface area contributed by atoms with E-state index in [1.165, 1.54) is 0 Å². The fraction of sp³-hybridized carbons (Fsp3) is 0.455. The molecule has 0 saturated heterocycles. The Morgan fingerprint density at radius 2 is 2.00 bits per heavy atom. The smallest absolute Gasteiger partial charge is 0.139 e. The summed E-state index contributed by atoms with van der Waals surface area (Å²) in [5, 5.41) is 12.5. The average molecular weight is 301 g/mol. The molecular weight excluding hydrogens is 284 g/mol. The Hall–Kier alpha value is -0.190. The molecule has 0 atom stereocenters. The average Bonchev–Trinajstić information content (AvgIpc) is 2.29. The Balaban J connectivity index is 0.00000256. The van der Waals surface area contributed by atoms with Crippen molar-refractivity contribution in [3.63, 3.8) is 0 Å². The van der Waals surface area contributed by atoms with Crippen LogP contribution < -0.4 is 10.1 Å². The van der Waals surface area contributed by atoms with Crippen molar-refractivity contribution in [1.82, 2.24) is 5.32 Å². The zero-order valence-corrected chi connectivity index (χ0v) is 11.6. The van der Waals surface area contributed by atoms with Gasteiger partial charge in [-0.3, -0.25) is 0 Å². The summed E-state index contributed by atoms with van der Waals surface area (Å²) in [5.74, 6) is 0.608. The van der Waals surface area contributed by atoms with Gasteiger partial charge in [-0.25, -0.2) is 0 Å². The molecule has 0 heterocycles. The fourth-order valence-corrected chi connectivity index (χ4v) is 1.53. The first-order valence-electron chi connectivity index (χ1n) is 5.14. The van der Waals surface area contributed by atoms with Crippen LogP contribution in [-0.4, -0.2) is 31.4 Å². The highest BCUT2D eigenvalue weighted by atomic mass is 35.5. The predicted octanol–water partition coefficient (Wildman–Crippen LogP) is 2.77. The highest BCUT2D eigenvalue weighted by molar-refractivity contribution is 6.42. The largest absolute Gasteiger partial charge is 0.492 e. The highest BCUT2D eigenvalue weighted by Gasteiger charge is 2.04. The van der Waals surface area contributed by atoms with Gasteiger partial charge in [-0.15, -0.1) is 12.4 Å². The van der Waals surface area contributed by atoms with Crippen molar-refractivity contribution in [2.24, 2.45) is 0 Å². The normalized spacial score (nSPS) is 9.82. The van der Waals surface area contributed by atoms with E-state index in [0.717, 1.165) is 13.0 Å². The SMILES string of the molecule is Cl.OCCNCCCOc1cccc(Cl)c1Cl. The van der Waals surface area contributed by atoms with Gasteiger partial charge in [0.05, 0.1) is 18.2 Å². The van der Waals surface area contributed by atoms with E-state index in [0.29, 0.717) is 28.9 Å². The molecule has 0 amide bonds. The maximum Gasteiger partial charge on any atom is 0.139 e. The van der Waals surface area contributed by atoms with Crippen LogP contribution in [0.3, 0.4) is 0 Å². The Kier molecular flexibility index (Phi) is 9.69. The molecule has 17 heavy (non-hydrogen) atoms. The van der Waals surface area contributed by atoms with Crippen LogP contribution in [0.5, 0.6) is 5.75 Å². The van der Waals surface area contributed by atoms with Gasteiger partial charge in [-0.05, 0) is 25.1 Å². The molecule has 2 N–H and O–H groups in total. The molecule has 0 saturated carbocycles. The number of benzene rings is 1. The third kappa shape index (κ3) is 6.34. The molecule has 3 nitrogen and oxygen atoms in total. The minimum absolute atomic E-state index is 0. The summed E-state index contributed by atoms with van der Waals surface area (Å²) in [6, 6.07) is 5.31. The van der Waals surface area contributed by atoms with Crippen LogP contribution in [0.1, 0.15) is 6.42 Å². The van der Waals surface area contributed by atoms with E-state index in [1.54, 1.807) is 18.2 Å². The Morgan fingerprint density at radius 1 is 1.24 bits per heavy atom. The van der Waals surface area contributed by atoms with Crippen LogP contribution in [0.15, 0.2) is 18.2 Å². The molecule has 0 fully saturated rings. The lowest BCUT2D eigenvalue weighted by atomic mass is 10.3. The molecule has 0 aliphatic heterocycles. The first-order valence-corrected chi connectivity index (χ1v) is 5.89. The lowest BCUT2D eigenvalue weighted by molar-refractivity contribution is 0.282. The number of ether oxygens (including phenoxy) is 1. The minimum atomic E-state index is 0. The molecule has 0 aromatic heterocycles. The Bertz CT molecular complexity index is 324. The van der Waals surface area contributed by atoms with Crippen molar-refractivity contribution in [2.75, 3.05) is 26.3 Å². The number of aliphatic hydroxyl groups excluding tert-OH is 1. The van der Waals surface area contributed by atoms with Crippen LogP contribution in [0.2, 0.25) is 10.0 Å². The predicted molar refractivity (Wildman–Crippen MR) is 73.8 cm³/mol. The molecule has 1 rings (SSSR count). The topological polar surface area (TPSA) is 41.5 Å².